The second-order valence-electron chi connectivity index (χ2n) is 8.44. The predicted molar refractivity (Wildman–Crippen MR) is 117 cm³/mol. The molecule has 2 aliphatic rings. The molecule has 5 rings (SSSR count). The Morgan fingerprint density at radius 3 is 2.81 bits per heavy atom. The molecule has 2 aromatic carbocycles. The van der Waals surface area contributed by atoms with E-state index in [-0.39, 0.29) is 37.3 Å². The predicted octanol–water partition coefficient (Wildman–Crippen LogP) is 2.68. The summed E-state index contributed by atoms with van der Waals surface area (Å²) in [4.78, 5) is 31.6. The number of aliphatic hydroxyl groups is 1. The van der Waals surface area contributed by atoms with Gasteiger partial charge in [-0.05, 0) is 30.5 Å². The quantitative estimate of drug-likeness (QED) is 0.677. The number of rotatable bonds is 4. The SMILES string of the molecule is O=C(OCc1ccccc1)N1CCC[C@@H]2OC(O)(Cn3cnc4ccccc4c3=O)C[C@@H]21. The lowest BCUT2D eigenvalue weighted by Crippen LogP contribution is -2.49. The van der Waals surface area contributed by atoms with Crippen molar-refractivity contribution in [3.63, 3.8) is 0 Å². The van der Waals surface area contributed by atoms with E-state index in [0.29, 0.717) is 17.4 Å². The van der Waals surface area contributed by atoms with Crippen molar-refractivity contribution in [2.45, 2.75) is 50.3 Å². The number of hydrogen-bond donors (Lipinski definition) is 1. The minimum absolute atomic E-state index is 0.0520. The molecule has 1 aromatic heterocycles. The number of nitrogens with zero attached hydrogens (tertiary/aromatic N) is 3. The molecule has 3 atom stereocenters. The molecule has 8 heteroatoms. The summed E-state index contributed by atoms with van der Waals surface area (Å²) in [6, 6.07) is 16.3. The van der Waals surface area contributed by atoms with Gasteiger partial charge in [-0.2, -0.15) is 0 Å². The summed E-state index contributed by atoms with van der Waals surface area (Å²) in [5, 5.41) is 11.7. The number of fused-ring (bicyclic) bond motifs is 2. The Morgan fingerprint density at radius 1 is 1.19 bits per heavy atom. The van der Waals surface area contributed by atoms with Crippen molar-refractivity contribution in [2.24, 2.45) is 0 Å². The minimum Gasteiger partial charge on any atom is -0.445 e. The molecule has 166 valence electrons. The number of ether oxygens (including phenoxy) is 2. The molecule has 32 heavy (non-hydrogen) atoms. The first-order chi connectivity index (χ1) is 15.5. The number of hydrogen-bond acceptors (Lipinski definition) is 6. The van der Waals surface area contributed by atoms with E-state index in [4.69, 9.17) is 9.47 Å². The minimum atomic E-state index is -1.56. The lowest BCUT2D eigenvalue weighted by molar-refractivity contribution is -0.202. The number of piperidine rings is 1. The third-order valence-electron chi connectivity index (χ3n) is 6.20. The van der Waals surface area contributed by atoms with Crippen LogP contribution < -0.4 is 5.56 Å². The molecule has 1 N–H and O–H groups in total. The largest absolute Gasteiger partial charge is 0.445 e. The molecular formula is C24H25N3O5. The normalized spacial score (nSPS) is 25.0. The van der Waals surface area contributed by atoms with Gasteiger partial charge in [0.1, 0.15) is 6.61 Å². The Balaban J connectivity index is 1.30. The molecule has 0 spiro atoms. The van der Waals surface area contributed by atoms with Crippen molar-refractivity contribution in [3.8, 4) is 0 Å². The standard InChI is InChI=1S/C24H25N3O5/c28-22-18-9-4-5-10-19(18)25-16-26(22)15-24(30)13-20-21(32-24)11-6-12-27(20)23(29)31-14-17-7-2-1-3-8-17/h1-5,7-10,16,20-21,30H,6,11-15H2/t20-,21-,24?/m0/s1. The molecule has 0 radical (unpaired) electrons. The summed E-state index contributed by atoms with van der Waals surface area (Å²) in [5.41, 5.74) is 1.28. The lowest BCUT2D eigenvalue weighted by Gasteiger charge is -2.35. The van der Waals surface area contributed by atoms with Crippen LogP contribution in [0, 0.1) is 0 Å². The van der Waals surface area contributed by atoms with E-state index in [9.17, 15) is 14.7 Å². The van der Waals surface area contributed by atoms with Crippen molar-refractivity contribution in [2.75, 3.05) is 6.54 Å². The monoisotopic (exact) mass is 435 g/mol. The van der Waals surface area contributed by atoms with E-state index in [1.54, 1.807) is 23.1 Å². The van der Waals surface area contributed by atoms with E-state index < -0.39 is 11.9 Å². The van der Waals surface area contributed by atoms with E-state index in [2.05, 4.69) is 4.98 Å². The highest BCUT2D eigenvalue weighted by atomic mass is 16.6. The summed E-state index contributed by atoms with van der Waals surface area (Å²) >= 11 is 0. The van der Waals surface area contributed by atoms with Gasteiger partial charge in [0.05, 0.1) is 35.9 Å². The zero-order valence-corrected chi connectivity index (χ0v) is 17.6. The molecule has 8 nitrogen and oxygen atoms in total. The number of benzene rings is 2. The van der Waals surface area contributed by atoms with Gasteiger partial charge in [0.2, 0.25) is 0 Å². The maximum atomic E-state index is 12.8. The van der Waals surface area contributed by atoms with Gasteiger partial charge in [-0.1, -0.05) is 42.5 Å². The van der Waals surface area contributed by atoms with Crippen molar-refractivity contribution < 1.29 is 19.4 Å². The number of carbonyl (C=O) groups excluding carboxylic acids is 1. The Kier molecular flexibility index (Phi) is 5.40. The highest BCUT2D eigenvalue weighted by Gasteiger charge is 2.50. The number of likely N-dealkylation sites (tertiary alicyclic amines) is 1. The van der Waals surface area contributed by atoms with Crippen LogP contribution in [0.25, 0.3) is 10.9 Å². The zero-order valence-electron chi connectivity index (χ0n) is 17.6. The summed E-state index contributed by atoms with van der Waals surface area (Å²) in [6.45, 7) is 0.687. The van der Waals surface area contributed by atoms with Crippen LogP contribution in [0.4, 0.5) is 4.79 Å². The highest BCUT2D eigenvalue weighted by molar-refractivity contribution is 5.76. The second kappa shape index (κ2) is 8.37. The Labute approximate surface area is 185 Å². The van der Waals surface area contributed by atoms with Crippen molar-refractivity contribution in [3.05, 3.63) is 76.8 Å². The fourth-order valence-electron chi connectivity index (χ4n) is 4.67. The van der Waals surface area contributed by atoms with Gasteiger partial charge in [-0.25, -0.2) is 9.78 Å². The van der Waals surface area contributed by atoms with Crippen LogP contribution in [-0.2, 0) is 22.6 Å². The molecule has 0 aliphatic carbocycles. The molecule has 2 aliphatic heterocycles. The van der Waals surface area contributed by atoms with Crippen LogP contribution >= 0.6 is 0 Å². The molecule has 2 saturated heterocycles. The van der Waals surface area contributed by atoms with Gasteiger partial charge in [0.25, 0.3) is 5.56 Å². The molecule has 3 aromatic rings. The molecule has 0 saturated carbocycles. The number of amides is 1. The number of para-hydroxylation sites is 1. The van der Waals surface area contributed by atoms with Gasteiger partial charge in [0.15, 0.2) is 5.79 Å². The van der Waals surface area contributed by atoms with Gasteiger partial charge in [-0.15, -0.1) is 0 Å². The van der Waals surface area contributed by atoms with Gasteiger partial charge >= 0.3 is 6.09 Å². The Hall–Kier alpha value is -3.23. The maximum Gasteiger partial charge on any atom is 0.410 e. The van der Waals surface area contributed by atoms with E-state index in [1.807, 2.05) is 36.4 Å². The first-order valence-corrected chi connectivity index (χ1v) is 10.8. The van der Waals surface area contributed by atoms with Gasteiger partial charge < -0.3 is 19.5 Å². The zero-order chi connectivity index (χ0) is 22.1. The van der Waals surface area contributed by atoms with E-state index in [1.165, 1.54) is 10.9 Å². The topological polar surface area (TPSA) is 93.9 Å². The average Bonchev–Trinajstić information content (AvgIpc) is 3.16. The van der Waals surface area contributed by atoms with Crippen molar-refractivity contribution >= 4 is 17.0 Å². The molecule has 1 amide bonds. The van der Waals surface area contributed by atoms with Crippen LogP contribution in [0.15, 0.2) is 65.7 Å². The van der Waals surface area contributed by atoms with Gasteiger partial charge in [-0.3, -0.25) is 9.36 Å². The van der Waals surface area contributed by atoms with Crippen LogP contribution in [0.2, 0.25) is 0 Å². The third-order valence-corrected chi connectivity index (χ3v) is 6.20. The Morgan fingerprint density at radius 2 is 1.97 bits per heavy atom. The molecular weight excluding hydrogens is 410 g/mol. The van der Waals surface area contributed by atoms with Gasteiger partial charge in [0, 0.05) is 13.0 Å². The summed E-state index contributed by atoms with van der Waals surface area (Å²) in [5.74, 6) is -1.56. The third kappa shape index (κ3) is 3.99. The Bertz CT molecular complexity index is 1180. The van der Waals surface area contributed by atoms with Crippen molar-refractivity contribution in [1.29, 1.82) is 0 Å². The van der Waals surface area contributed by atoms with Crippen molar-refractivity contribution in [1.82, 2.24) is 14.5 Å². The smallest absolute Gasteiger partial charge is 0.410 e. The summed E-state index contributed by atoms with van der Waals surface area (Å²) in [6.07, 6.45) is 2.41. The number of carbonyl (C=O) groups is 1. The first-order valence-electron chi connectivity index (χ1n) is 10.8. The molecule has 3 heterocycles. The molecule has 1 unspecified atom stereocenters. The van der Waals surface area contributed by atoms with E-state index in [0.717, 1.165) is 18.4 Å². The highest BCUT2D eigenvalue weighted by Crippen LogP contribution is 2.38. The second-order valence-corrected chi connectivity index (χ2v) is 8.44. The summed E-state index contributed by atoms with van der Waals surface area (Å²) < 4.78 is 12.9. The van der Waals surface area contributed by atoms with Crippen LogP contribution in [0.3, 0.4) is 0 Å². The fourth-order valence-corrected chi connectivity index (χ4v) is 4.67. The summed E-state index contributed by atoms with van der Waals surface area (Å²) in [7, 11) is 0. The molecule has 0 bridgehead atoms. The molecule has 2 fully saturated rings. The van der Waals surface area contributed by atoms with E-state index >= 15 is 0 Å². The maximum absolute atomic E-state index is 12.8. The van der Waals surface area contributed by atoms with Crippen LogP contribution in [-0.4, -0.2) is 50.1 Å². The average molecular weight is 435 g/mol. The first kappa shape index (κ1) is 20.7. The number of aromatic nitrogens is 2. The lowest BCUT2D eigenvalue weighted by atomic mass is 9.97. The fraction of sp³-hybridized carbons (Fsp3) is 0.375. The van der Waals surface area contributed by atoms with Crippen LogP contribution in [0.1, 0.15) is 24.8 Å². The van der Waals surface area contributed by atoms with Crippen LogP contribution in [0.5, 0.6) is 0 Å².